The molecule has 0 spiro atoms. The zero-order chi connectivity index (χ0) is 27.9. The van der Waals surface area contributed by atoms with Crippen LogP contribution in [0.3, 0.4) is 0 Å². The molecule has 1 fully saturated rings. The Morgan fingerprint density at radius 3 is 2.25 bits per heavy atom. The second-order valence-corrected chi connectivity index (χ2v) is 9.59. The van der Waals surface area contributed by atoms with Crippen LogP contribution in [0.4, 0.5) is 0 Å². The minimum Gasteiger partial charge on any atom is -0.452 e. The van der Waals surface area contributed by atoms with Crippen molar-refractivity contribution >= 4 is 34.5 Å². The molecule has 204 valence electrons. The van der Waals surface area contributed by atoms with Gasteiger partial charge in [-0.05, 0) is 41.5 Å². The highest BCUT2D eigenvalue weighted by molar-refractivity contribution is 6.35. The third-order valence-corrected chi connectivity index (χ3v) is 6.85. The molecule has 0 unspecified atom stereocenters. The number of carbonyl (C=O) groups excluding carboxylic acids is 4. The maximum absolute atomic E-state index is 12.6. The molecule has 1 aromatic heterocycles. The summed E-state index contributed by atoms with van der Waals surface area (Å²) in [5, 5.41) is 0.871. The van der Waals surface area contributed by atoms with E-state index in [1.807, 2.05) is 42.5 Å². The molecule has 2 heterocycles. The fraction of sp³-hybridized carbons (Fsp3) is 0.226. The van der Waals surface area contributed by atoms with Crippen molar-refractivity contribution in [3.8, 4) is 5.75 Å². The molecule has 1 N–H and O–H groups in total. The van der Waals surface area contributed by atoms with E-state index in [9.17, 15) is 19.2 Å². The largest absolute Gasteiger partial charge is 0.452 e. The predicted molar refractivity (Wildman–Crippen MR) is 148 cm³/mol. The van der Waals surface area contributed by atoms with Crippen LogP contribution in [0, 0.1) is 0 Å². The van der Waals surface area contributed by atoms with Crippen molar-refractivity contribution in [3.05, 3.63) is 102 Å². The van der Waals surface area contributed by atoms with Gasteiger partial charge < -0.3 is 19.4 Å². The highest BCUT2D eigenvalue weighted by Crippen LogP contribution is 2.19. The van der Waals surface area contributed by atoms with Crippen molar-refractivity contribution in [3.63, 3.8) is 0 Å². The summed E-state index contributed by atoms with van der Waals surface area (Å²) in [5.41, 5.74) is 3.02. The standard InChI is InChI=1S/C31H29N3O6/c35-28(18-24-19-32-27-9-5-4-8-26(24)27)31(38)40-25-12-10-23(11-13-25)30(37)39-21-29(36)34-16-14-33(15-17-34)20-22-6-2-1-3-7-22/h1-13,19,32H,14-18,20-21H2. The smallest absolute Gasteiger partial charge is 0.380 e. The van der Waals surface area contributed by atoms with Crippen LogP contribution < -0.4 is 4.74 Å². The average Bonchev–Trinajstić information content (AvgIpc) is 3.39. The van der Waals surface area contributed by atoms with E-state index in [1.165, 1.54) is 29.8 Å². The number of nitrogens with one attached hydrogen (secondary N) is 1. The van der Waals surface area contributed by atoms with E-state index in [0.29, 0.717) is 18.7 Å². The van der Waals surface area contributed by atoms with Gasteiger partial charge in [0, 0.05) is 56.2 Å². The molecule has 0 atom stereocenters. The van der Waals surface area contributed by atoms with Gasteiger partial charge >= 0.3 is 11.9 Å². The van der Waals surface area contributed by atoms with Crippen molar-refractivity contribution in [2.75, 3.05) is 32.8 Å². The number of fused-ring (bicyclic) bond motifs is 1. The minimum absolute atomic E-state index is 0.0939. The Morgan fingerprint density at radius 1 is 0.800 bits per heavy atom. The third-order valence-electron chi connectivity index (χ3n) is 6.85. The Morgan fingerprint density at radius 2 is 1.50 bits per heavy atom. The van der Waals surface area contributed by atoms with Crippen LogP contribution in [0.2, 0.25) is 0 Å². The third kappa shape index (κ3) is 6.62. The molecule has 5 rings (SSSR count). The van der Waals surface area contributed by atoms with Gasteiger partial charge in [-0.15, -0.1) is 0 Å². The Bertz CT molecular complexity index is 1510. The Hall–Kier alpha value is -4.76. The first-order valence-electron chi connectivity index (χ1n) is 13.1. The van der Waals surface area contributed by atoms with E-state index in [0.717, 1.165) is 30.5 Å². The van der Waals surface area contributed by atoms with Crippen LogP contribution >= 0.6 is 0 Å². The first-order chi connectivity index (χ1) is 19.5. The summed E-state index contributed by atoms with van der Waals surface area (Å²) in [4.78, 5) is 56.8. The molecule has 0 bridgehead atoms. The van der Waals surface area contributed by atoms with Crippen LogP contribution in [0.25, 0.3) is 10.9 Å². The lowest BCUT2D eigenvalue weighted by Crippen LogP contribution is -2.49. The molecule has 1 saturated heterocycles. The Balaban J connectivity index is 1.05. The van der Waals surface area contributed by atoms with Crippen molar-refractivity contribution in [2.24, 2.45) is 0 Å². The topological polar surface area (TPSA) is 109 Å². The number of esters is 2. The molecule has 1 aliphatic heterocycles. The maximum Gasteiger partial charge on any atom is 0.380 e. The van der Waals surface area contributed by atoms with E-state index < -0.39 is 17.7 Å². The molecule has 0 saturated carbocycles. The van der Waals surface area contributed by atoms with E-state index in [2.05, 4.69) is 22.0 Å². The van der Waals surface area contributed by atoms with Gasteiger partial charge in [-0.1, -0.05) is 48.5 Å². The number of ether oxygens (including phenoxy) is 2. The van der Waals surface area contributed by atoms with Crippen LogP contribution in [0.5, 0.6) is 5.75 Å². The van der Waals surface area contributed by atoms with Crippen molar-refractivity contribution < 1.29 is 28.7 Å². The zero-order valence-electron chi connectivity index (χ0n) is 21.9. The monoisotopic (exact) mass is 539 g/mol. The molecule has 9 nitrogen and oxygen atoms in total. The molecule has 0 aliphatic carbocycles. The van der Waals surface area contributed by atoms with Crippen LogP contribution in [0.1, 0.15) is 21.5 Å². The molecule has 4 aromatic rings. The van der Waals surface area contributed by atoms with Gasteiger partial charge in [-0.3, -0.25) is 14.5 Å². The Kier molecular flexibility index (Phi) is 8.32. The van der Waals surface area contributed by atoms with Gasteiger partial charge in [0.15, 0.2) is 6.61 Å². The van der Waals surface area contributed by atoms with E-state index in [1.54, 1.807) is 11.1 Å². The number of hydrogen-bond acceptors (Lipinski definition) is 7. The highest BCUT2D eigenvalue weighted by Gasteiger charge is 2.23. The number of rotatable bonds is 9. The lowest BCUT2D eigenvalue weighted by atomic mass is 10.1. The van der Waals surface area contributed by atoms with Crippen molar-refractivity contribution in [1.29, 1.82) is 0 Å². The first kappa shape index (κ1) is 26.8. The summed E-state index contributed by atoms with van der Waals surface area (Å²) in [6.45, 7) is 3.13. The highest BCUT2D eigenvalue weighted by atomic mass is 16.5. The van der Waals surface area contributed by atoms with Gasteiger partial charge in [0.05, 0.1) is 5.56 Å². The van der Waals surface area contributed by atoms with Gasteiger partial charge in [0.25, 0.3) is 5.91 Å². The fourth-order valence-electron chi connectivity index (χ4n) is 4.64. The molecule has 9 heteroatoms. The first-order valence-corrected chi connectivity index (χ1v) is 13.1. The number of hydrogen-bond donors (Lipinski definition) is 1. The molecule has 40 heavy (non-hydrogen) atoms. The number of Topliss-reactive ketones (excluding diaryl/α,β-unsaturated/α-hetero) is 1. The van der Waals surface area contributed by atoms with Crippen LogP contribution in [-0.2, 0) is 32.1 Å². The summed E-state index contributed by atoms with van der Waals surface area (Å²) in [6, 6.07) is 23.3. The maximum atomic E-state index is 12.6. The number of nitrogens with zero attached hydrogens (tertiary/aromatic N) is 2. The predicted octanol–water partition coefficient (Wildman–Crippen LogP) is 3.39. The van der Waals surface area contributed by atoms with Gasteiger partial charge in [0.1, 0.15) is 5.75 Å². The molecular formula is C31H29N3O6. The molecule has 0 radical (unpaired) electrons. The molecular weight excluding hydrogens is 510 g/mol. The Labute approximate surface area is 231 Å². The van der Waals surface area contributed by atoms with Crippen molar-refractivity contribution in [1.82, 2.24) is 14.8 Å². The zero-order valence-corrected chi connectivity index (χ0v) is 21.9. The summed E-state index contributed by atoms with van der Waals surface area (Å²) in [5.74, 6) is -2.46. The second-order valence-electron chi connectivity index (χ2n) is 9.59. The number of para-hydroxylation sites is 1. The normalized spacial score (nSPS) is 13.7. The van der Waals surface area contributed by atoms with Gasteiger partial charge in [-0.25, -0.2) is 9.59 Å². The summed E-state index contributed by atoms with van der Waals surface area (Å²) in [7, 11) is 0. The lowest BCUT2D eigenvalue weighted by molar-refractivity contribution is -0.146. The van der Waals surface area contributed by atoms with Crippen molar-refractivity contribution in [2.45, 2.75) is 13.0 Å². The molecule has 1 aliphatic rings. The lowest BCUT2D eigenvalue weighted by Gasteiger charge is -2.34. The number of aromatic amines is 1. The summed E-state index contributed by atoms with van der Waals surface area (Å²) >= 11 is 0. The van der Waals surface area contributed by atoms with Crippen LogP contribution in [0.15, 0.2) is 85.1 Å². The number of piperazine rings is 1. The van der Waals surface area contributed by atoms with Crippen LogP contribution in [-0.4, -0.2) is 71.2 Å². The minimum atomic E-state index is -0.991. The SMILES string of the molecule is O=C(Cc1c[nH]c2ccccc12)C(=O)Oc1ccc(C(=O)OCC(=O)N2CCN(Cc3ccccc3)CC2)cc1. The van der Waals surface area contributed by atoms with Gasteiger partial charge in [0.2, 0.25) is 5.78 Å². The summed E-state index contributed by atoms with van der Waals surface area (Å²) in [6.07, 6.45) is 1.61. The number of aromatic nitrogens is 1. The number of benzene rings is 3. The molecule has 1 amide bonds. The fourth-order valence-corrected chi connectivity index (χ4v) is 4.64. The van der Waals surface area contributed by atoms with E-state index in [-0.39, 0.29) is 30.2 Å². The number of ketones is 1. The number of amides is 1. The van der Waals surface area contributed by atoms with E-state index >= 15 is 0 Å². The average molecular weight is 540 g/mol. The molecule has 3 aromatic carbocycles. The number of carbonyl (C=O) groups is 4. The number of H-pyrrole nitrogens is 1. The second kappa shape index (κ2) is 12.4. The van der Waals surface area contributed by atoms with E-state index in [4.69, 9.17) is 9.47 Å². The summed E-state index contributed by atoms with van der Waals surface area (Å²) < 4.78 is 10.4. The van der Waals surface area contributed by atoms with Gasteiger partial charge in [-0.2, -0.15) is 0 Å². The quantitative estimate of drug-likeness (QED) is 0.197.